The molecular formula is C18H24O4. The zero-order valence-corrected chi connectivity index (χ0v) is 13.3. The number of benzene rings is 1. The van der Waals surface area contributed by atoms with Crippen LogP contribution in [0.5, 0.6) is 0 Å². The summed E-state index contributed by atoms with van der Waals surface area (Å²) in [5.74, 6) is -0.953. The predicted molar refractivity (Wildman–Crippen MR) is 85.7 cm³/mol. The van der Waals surface area contributed by atoms with Crippen LogP contribution in [-0.2, 0) is 9.47 Å². The second-order valence-corrected chi connectivity index (χ2v) is 5.05. The van der Waals surface area contributed by atoms with Gasteiger partial charge in [-0.25, -0.2) is 9.59 Å². The Morgan fingerprint density at radius 3 is 2.41 bits per heavy atom. The second kappa shape index (κ2) is 10.6. The minimum atomic E-state index is -0.479. The Bertz CT molecular complexity index is 506. The quantitative estimate of drug-likeness (QED) is 0.383. The van der Waals surface area contributed by atoms with Crippen molar-refractivity contribution in [1.82, 2.24) is 0 Å². The molecule has 0 aliphatic carbocycles. The molecule has 1 aromatic carbocycles. The van der Waals surface area contributed by atoms with E-state index < -0.39 is 11.9 Å². The first-order valence-corrected chi connectivity index (χ1v) is 7.73. The predicted octanol–water partition coefficient (Wildman–Crippen LogP) is 4.50. The highest BCUT2D eigenvalue weighted by molar-refractivity contribution is 5.95. The molecule has 0 heterocycles. The van der Waals surface area contributed by atoms with Crippen LogP contribution in [0.1, 0.15) is 66.2 Å². The molecule has 0 spiro atoms. The number of allylic oxidation sites excluding steroid dienone is 1. The van der Waals surface area contributed by atoms with E-state index in [1.807, 2.05) is 6.08 Å². The highest BCUT2D eigenvalue weighted by Gasteiger charge is 2.10. The zero-order valence-electron chi connectivity index (χ0n) is 13.3. The van der Waals surface area contributed by atoms with Gasteiger partial charge in [0.15, 0.2) is 0 Å². The summed E-state index contributed by atoms with van der Waals surface area (Å²) in [6.07, 6.45) is 10.2. The Kier molecular flexibility index (Phi) is 8.65. The van der Waals surface area contributed by atoms with E-state index in [0.717, 1.165) is 12.8 Å². The van der Waals surface area contributed by atoms with Gasteiger partial charge in [-0.1, -0.05) is 38.7 Å². The van der Waals surface area contributed by atoms with Gasteiger partial charge in [0, 0.05) is 0 Å². The summed E-state index contributed by atoms with van der Waals surface area (Å²) in [5.41, 5.74) is 0.660. The molecule has 0 saturated heterocycles. The van der Waals surface area contributed by atoms with Crippen LogP contribution in [0, 0.1) is 0 Å². The maximum absolute atomic E-state index is 11.9. The lowest BCUT2D eigenvalue weighted by Gasteiger charge is -2.02. The molecule has 4 nitrogen and oxygen atoms in total. The summed E-state index contributed by atoms with van der Waals surface area (Å²) in [4.78, 5) is 23.3. The van der Waals surface area contributed by atoms with E-state index in [9.17, 15) is 9.59 Å². The monoisotopic (exact) mass is 304 g/mol. The van der Waals surface area contributed by atoms with Gasteiger partial charge in [-0.05, 0) is 37.1 Å². The van der Waals surface area contributed by atoms with Crippen molar-refractivity contribution < 1.29 is 19.1 Å². The van der Waals surface area contributed by atoms with Crippen molar-refractivity contribution in [2.75, 3.05) is 7.11 Å². The molecule has 22 heavy (non-hydrogen) atoms. The highest BCUT2D eigenvalue weighted by atomic mass is 16.5. The van der Waals surface area contributed by atoms with E-state index in [1.165, 1.54) is 45.1 Å². The Morgan fingerprint density at radius 2 is 1.73 bits per heavy atom. The number of hydrogen-bond acceptors (Lipinski definition) is 4. The number of ether oxygens (including phenoxy) is 2. The van der Waals surface area contributed by atoms with Gasteiger partial charge in [0.25, 0.3) is 0 Å². The molecule has 4 heteroatoms. The molecule has 0 aliphatic rings. The van der Waals surface area contributed by atoms with E-state index in [1.54, 1.807) is 18.2 Å². The summed E-state index contributed by atoms with van der Waals surface area (Å²) in [6, 6.07) is 6.29. The molecule has 0 radical (unpaired) electrons. The van der Waals surface area contributed by atoms with Crippen molar-refractivity contribution in [2.24, 2.45) is 0 Å². The van der Waals surface area contributed by atoms with Crippen LogP contribution in [0.15, 0.2) is 36.6 Å². The number of carbonyl (C=O) groups is 2. The summed E-state index contributed by atoms with van der Waals surface area (Å²) < 4.78 is 9.67. The standard InChI is InChI=1S/C18H24O4/c1-3-4-5-6-7-8-9-13-22-18(20)16-12-10-11-15(14-16)17(19)21-2/h9-14H,3-8H2,1-2H3. The molecule has 0 saturated carbocycles. The maximum atomic E-state index is 11.9. The summed E-state index contributed by atoms with van der Waals surface area (Å²) in [5, 5.41) is 0. The molecule has 0 fully saturated rings. The number of rotatable bonds is 9. The lowest BCUT2D eigenvalue weighted by atomic mass is 10.1. The van der Waals surface area contributed by atoms with E-state index in [0.29, 0.717) is 11.1 Å². The Balaban J connectivity index is 2.37. The van der Waals surface area contributed by atoms with Crippen molar-refractivity contribution in [2.45, 2.75) is 45.4 Å². The molecule has 0 unspecified atom stereocenters. The van der Waals surface area contributed by atoms with Gasteiger partial charge in [-0.2, -0.15) is 0 Å². The molecule has 120 valence electrons. The Morgan fingerprint density at radius 1 is 1.05 bits per heavy atom. The zero-order chi connectivity index (χ0) is 16.2. The van der Waals surface area contributed by atoms with Crippen LogP contribution in [0.3, 0.4) is 0 Å². The van der Waals surface area contributed by atoms with Crippen molar-refractivity contribution in [3.63, 3.8) is 0 Å². The van der Waals surface area contributed by atoms with Gasteiger partial charge in [0.2, 0.25) is 0 Å². The summed E-state index contributed by atoms with van der Waals surface area (Å²) >= 11 is 0. The van der Waals surface area contributed by atoms with E-state index >= 15 is 0 Å². The van der Waals surface area contributed by atoms with Gasteiger partial charge >= 0.3 is 11.9 Å². The van der Waals surface area contributed by atoms with Crippen LogP contribution in [0.4, 0.5) is 0 Å². The fourth-order valence-corrected chi connectivity index (χ4v) is 2.00. The first kappa shape index (κ1) is 18.0. The van der Waals surface area contributed by atoms with Crippen LogP contribution < -0.4 is 0 Å². The lowest BCUT2D eigenvalue weighted by Crippen LogP contribution is -2.05. The molecule has 0 aromatic heterocycles. The van der Waals surface area contributed by atoms with Gasteiger partial charge < -0.3 is 9.47 Å². The van der Waals surface area contributed by atoms with Gasteiger partial charge in [-0.15, -0.1) is 0 Å². The van der Waals surface area contributed by atoms with E-state index in [2.05, 4.69) is 11.7 Å². The molecule has 0 bridgehead atoms. The molecule has 0 atom stereocenters. The smallest absolute Gasteiger partial charge is 0.342 e. The van der Waals surface area contributed by atoms with Crippen molar-refractivity contribution in [1.29, 1.82) is 0 Å². The molecular weight excluding hydrogens is 280 g/mol. The average Bonchev–Trinajstić information content (AvgIpc) is 2.56. The number of unbranched alkanes of at least 4 members (excludes halogenated alkanes) is 5. The minimum absolute atomic E-state index is 0.329. The Labute approximate surface area is 132 Å². The van der Waals surface area contributed by atoms with Crippen LogP contribution in [0.2, 0.25) is 0 Å². The van der Waals surface area contributed by atoms with Gasteiger partial charge in [0.05, 0.1) is 24.5 Å². The van der Waals surface area contributed by atoms with Crippen LogP contribution >= 0.6 is 0 Å². The van der Waals surface area contributed by atoms with Gasteiger partial charge in [-0.3, -0.25) is 0 Å². The van der Waals surface area contributed by atoms with E-state index in [4.69, 9.17) is 4.74 Å². The Hall–Kier alpha value is -2.10. The van der Waals surface area contributed by atoms with Crippen LogP contribution in [0.25, 0.3) is 0 Å². The number of esters is 2. The largest absolute Gasteiger partial charge is 0.465 e. The number of methoxy groups -OCH3 is 1. The minimum Gasteiger partial charge on any atom is -0.465 e. The molecule has 1 rings (SSSR count). The average molecular weight is 304 g/mol. The maximum Gasteiger partial charge on any atom is 0.342 e. The van der Waals surface area contributed by atoms with Crippen molar-refractivity contribution in [3.05, 3.63) is 47.7 Å². The normalized spacial score (nSPS) is 10.6. The summed E-state index contributed by atoms with van der Waals surface area (Å²) in [7, 11) is 1.30. The first-order chi connectivity index (χ1) is 10.7. The molecule has 0 aliphatic heterocycles. The highest BCUT2D eigenvalue weighted by Crippen LogP contribution is 2.09. The fourth-order valence-electron chi connectivity index (χ4n) is 2.00. The third kappa shape index (κ3) is 6.57. The number of hydrogen-bond donors (Lipinski definition) is 0. The molecule has 1 aromatic rings. The number of carbonyl (C=O) groups excluding carboxylic acids is 2. The topological polar surface area (TPSA) is 52.6 Å². The molecule has 0 amide bonds. The van der Waals surface area contributed by atoms with Crippen LogP contribution in [-0.4, -0.2) is 19.0 Å². The SMILES string of the molecule is CCCCCCCC=COC(=O)c1cccc(C(=O)OC)c1. The lowest BCUT2D eigenvalue weighted by molar-refractivity contribution is 0.0600. The van der Waals surface area contributed by atoms with Crippen molar-refractivity contribution in [3.8, 4) is 0 Å². The second-order valence-electron chi connectivity index (χ2n) is 5.05. The van der Waals surface area contributed by atoms with E-state index in [-0.39, 0.29) is 0 Å². The first-order valence-electron chi connectivity index (χ1n) is 7.73. The summed E-state index contributed by atoms with van der Waals surface area (Å²) in [6.45, 7) is 2.19. The third-order valence-corrected chi connectivity index (χ3v) is 3.27. The fraction of sp³-hybridized carbons (Fsp3) is 0.444. The third-order valence-electron chi connectivity index (χ3n) is 3.27. The molecule has 0 N–H and O–H groups in total. The van der Waals surface area contributed by atoms with Crippen molar-refractivity contribution >= 4 is 11.9 Å². The van der Waals surface area contributed by atoms with Gasteiger partial charge in [0.1, 0.15) is 0 Å².